The van der Waals surface area contributed by atoms with Crippen LogP contribution in [0.5, 0.6) is 0 Å². The van der Waals surface area contributed by atoms with Gasteiger partial charge >= 0.3 is 6.18 Å². The number of nitrogens with zero attached hydrogens (tertiary/aromatic N) is 2. The molecule has 16 heteroatoms. The highest BCUT2D eigenvalue weighted by Crippen LogP contribution is 2.27. The summed E-state index contributed by atoms with van der Waals surface area (Å²) in [6.45, 7) is 0.394. The molecule has 0 radical (unpaired) electrons. The molecule has 0 spiro atoms. The molecule has 0 aromatic rings. The maximum atomic E-state index is 13.7. The van der Waals surface area contributed by atoms with Crippen LogP contribution >= 0.6 is 11.6 Å². The minimum Gasteiger partial charge on any atom is -0.580 e. The molecule has 5 N–H and O–H groups in total. The minimum absolute atomic E-state index is 0.0590. The molecule has 3 aliphatic heterocycles. The average molecular weight is 566 g/mol. The third-order valence-corrected chi connectivity index (χ3v) is 9.54. The first-order chi connectivity index (χ1) is 17.0. The summed E-state index contributed by atoms with van der Waals surface area (Å²) in [6.07, 6.45) is -3.79. The van der Waals surface area contributed by atoms with Gasteiger partial charge in [-0.2, -0.15) is 13.2 Å². The predicted octanol–water partition coefficient (Wildman–Crippen LogP) is 0.896. The van der Waals surface area contributed by atoms with Crippen molar-refractivity contribution in [2.45, 2.75) is 93.7 Å². The van der Waals surface area contributed by atoms with E-state index in [1.807, 2.05) is 0 Å². The number of hydrogen-bond acceptors (Lipinski definition) is 8. The minimum atomic E-state index is -4.49. The van der Waals surface area contributed by atoms with E-state index in [1.54, 1.807) is 0 Å². The number of hydrogen-bond donors (Lipinski definition) is 5. The van der Waals surface area contributed by atoms with E-state index < -0.39 is 53.8 Å². The van der Waals surface area contributed by atoms with Crippen LogP contribution in [0.15, 0.2) is 0 Å². The van der Waals surface area contributed by atoms with Crippen molar-refractivity contribution in [3.8, 4) is 0 Å². The largest absolute Gasteiger partial charge is 0.580 e. The lowest BCUT2D eigenvalue weighted by molar-refractivity contribution is -0.199. The molecule has 4 fully saturated rings. The van der Waals surface area contributed by atoms with Crippen molar-refractivity contribution in [2.24, 2.45) is 0 Å². The summed E-state index contributed by atoms with van der Waals surface area (Å²) in [5.41, 5.74) is 0. The van der Waals surface area contributed by atoms with Gasteiger partial charge in [-0.1, -0.05) is 4.21 Å². The molecule has 210 valence electrons. The molecule has 1 saturated carbocycles. The van der Waals surface area contributed by atoms with Crippen molar-refractivity contribution in [3.63, 3.8) is 0 Å². The van der Waals surface area contributed by atoms with Crippen LogP contribution in [0.3, 0.4) is 0 Å². The van der Waals surface area contributed by atoms with Crippen LogP contribution in [0.1, 0.15) is 44.9 Å². The first-order valence-corrected chi connectivity index (χ1v) is 14.3. The Morgan fingerprint density at radius 2 is 1.53 bits per heavy atom. The van der Waals surface area contributed by atoms with Crippen LogP contribution < -0.4 is 26.6 Å². The number of rotatable bonds is 8. The molecule has 0 bridgehead atoms. The van der Waals surface area contributed by atoms with Gasteiger partial charge < -0.3 is 9.29 Å². The van der Waals surface area contributed by atoms with E-state index in [9.17, 15) is 26.3 Å². The Hall–Kier alpha value is -0.200. The van der Waals surface area contributed by atoms with Gasteiger partial charge in [0.1, 0.15) is 25.4 Å². The maximum Gasteiger partial charge on any atom is 0.411 e. The van der Waals surface area contributed by atoms with Crippen molar-refractivity contribution >= 4 is 22.2 Å². The molecule has 36 heavy (non-hydrogen) atoms. The summed E-state index contributed by atoms with van der Waals surface area (Å²) in [7, 11) is -3.46. The Morgan fingerprint density at radius 3 is 2.11 bits per heavy atom. The smallest absolute Gasteiger partial charge is 0.411 e. The third-order valence-electron chi connectivity index (χ3n) is 7.05. The lowest BCUT2D eigenvalue weighted by Gasteiger charge is -2.43. The Labute approximate surface area is 215 Å². The molecule has 7 atom stereocenters. The monoisotopic (exact) mass is 565 g/mol. The van der Waals surface area contributed by atoms with Crippen LogP contribution in [0.2, 0.25) is 0 Å². The first kappa shape index (κ1) is 28.8. The van der Waals surface area contributed by atoms with Gasteiger partial charge in [0.15, 0.2) is 6.35 Å². The van der Waals surface area contributed by atoms with Crippen molar-refractivity contribution < 1.29 is 31.1 Å². The number of ether oxygens (including phenoxy) is 1. The van der Waals surface area contributed by atoms with Gasteiger partial charge in [-0.15, -0.1) is 20.2 Å². The van der Waals surface area contributed by atoms with Crippen LogP contribution in [0.4, 0.5) is 17.6 Å². The maximum absolute atomic E-state index is 13.7. The summed E-state index contributed by atoms with van der Waals surface area (Å²) in [5, 5.41) is 15.0. The number of alkyl halides is 5. The van der Waals surface area contributed by atoms with Crippen LogP contribution in [-0.4, -0.2) is 94.7 Å². The van der Waals surface area contributed by atoms with Crippen LogP contribution in [0, 0.1) is 0 Å². The highest BCUT2D eigenvalue weighted by molar-refractivity contribution is 7.93. The fourth-order valence-electron chi connectivity index (χ4n) is 5.12. The number of halogens is 5. The van der Waals surface area contributed by atoms with E-state index in [0.717, 1.165) is 12.8 Å². The van der Waals surface area contributed by atoms with Crippen LogP contribution in [0.25, 0.3) is 0 Å². The van der Waals surface area contributed by atoms with E-state index in [4.69, 9.17) is 16.3 Å². The summed E-state index contributed by atoms with van der Waals surface area (Å²) in [6, 6.07) is -0.179. The fraction of sp³-hybridized carbons (Fsp3) is 1.00. The molecule has 4 rings (SSSR count). The van der Waals surface area contributed by atoms with E-state index in [-0.39, 0.29) is 12.1 Å². The first-order valence-electron chi connectivity index (χ1n) is 12.5. The van der Waals surface area contributed by atoms with E-state index in [2.05, 4.69) is 26.6 Å². The second-order valence-electron chi connectivity index (χ2n) is 9.83. The standard InChI is InChI=1S/C20H36ClF4N7O3S/c21-15-11-14(3-4-16(15)22)27-18-28-17(29-19(30-18)35-12-20(23,24)25)26-13-5-9-32(10-6-13)36(33,34)31-7-1-2-8-31/h13-19,26-30H,1-12H2. The van der Waals surface area contributed by atoms with Crippen molar-refractivity contribution in [3.05, 3.63) is 0 Å². The van der Waals surface area contributed by atoms with E-state index in [1.165, 1.54) is 8.61 Å². The summed E-state index contributed by atoms with van der Waals surface area (Å²) >= 11 is 6.07. The topological polar surface area (TPSA) is 116 Å². The Morgan fingerprint density at radius 1 is 0.944 bits per heavy atom. The zero-order valence-corrected chi connectivity index (χ0v) is 21.5. The van der Waals surface area contributed by atoms with Crippen molar-refractivity contribution in [1.82, 2.24) is 35.2 Å². The quantitative estimate of drug-likeness (QED) is 0.167. The molecule has 0 amide bonds. The molecular formula is C20H36ClF4N7O3S. The van der Waals surface area contributed by atoms with Crippen molar-refractivity contribution in [1.29, 1.82) is 0 Å². The second-order valence-corrected chi connectivity index (χ2v) is 12.3. The molecule has 4 aliphatic rings. The Bertz CT molecular complexity index is 761. The lowest BCUT2D eigenvalue weighted by atomic mass is 9.93. The lowest BCUT2D eigenvalue weighted by Crippen LogP contribution is -2.76. The molecule has 3 heterocycles. The molecule has 7 unspecified atom stereocenters. The van der Waals surface area contributed by atoms with Crippen LogP contribution in [-0.2, 0) is 19.5 Å². The van der Waals surface area contributed by atoms with Crippen molar-refractivity contribution in [2.75, 3.05) is 32.8 Å². The molecule has 10 nitrogen and oxygen atoms in total. The average Bonchev–Trinajstić information content (AvgIpc) is 3.36. The molecule has 1 aliphatic carbocycles. The fourth-order valence-corrected chi connectivity index (χ4v) is 7.18. The van der Waals surface area contributed by atoms with Gasteiger partial charge in [-0.25, -0.2) is 4.39 Å². The van der Waals surface area contributed by atoms with E-state index in [0.29, 0.717) is 58.3 Å². The zero-order valence-electron chi connectivity index (χ0n) is 19.9. The Kier molecular flexibility index (Phi) is 9.86. The molecular weight excluding hydrogens is 530 g/mol. The van der Waals surface area contributed by atoms with Gasteiger partial charge in [0, 0.05) is 38.3 Å². The molecule has 0 aromatic carbocycles. The summed E-state index contributed by atoms with van der Waals surface area (Å²) < 4.78 is 85.6. The highest BCUT2D eigenvalue weighted by Gasteiger charge is 2.40. The summed E-state index contributed by atoms with van der Waals surface area (Å²) in [4.78, 5) is 0. The number of nitrogens with one attached hydrogen (secondary N) is 5. The van der Waals surface area contributed by atoms with Gasteiger partial charge in [0.05, 0.1) is 5.38 Å². The summed E-state index contributed by atoms with van der Waals surface area (Å²) in [5.74, 6) is 0. The molecule has 0 aromatic heterocycles. The SMILES string of the molecule is O=[S+]([O-])(N1CCCC1)N1CCC(NC2NC(NC3CCC(F)C(Cl)C3)NC(OCC(F)(F)F)N2)CC1. The highest BCUT2D eigenvalue weighted by atomic mass is 35.5. The predicted molar refractivity (Wildman–Crippen MR) is 125 cm³/mol. The zero-order chi connectivity index (χ0) is 25.9. The van der Waals surface area contributed by atoms with Gasteiger partial charge in [-0.3, -0.25) is 26.6 Å². The Balaban J connectivity index is 1.31. The normalized spacial score (nSPS) is 37.7. The van der Waals surface area contributed by atoms with Gasteiger partial charge in [0.25, 0.3) is 0 Å². The van der Waals surface area contributed by atoms with Gasteiger partial charge in [-0.05, 0) is 44.9 Å². The number of piperidine rings is 1. The molecule has 3 saturated heterocycles. The second kappa shape index (κ2) is 12.3. The van der Waals surface area contributed by atoms with Gasteiger partial charge in [0.2, 0.25) is 10.6 Å². The third kappa shape index (κ3) is 7.91. The van der Waals surface area contributed by atoms with E-state index >= 15 is 0 Å².